The lowest BCUT2D eigenvalue weighted by atomic mass is 9.96. The van der Waals surface area contributed by atoms with E-state index < -0.39 is 5.97 Å². The highest BCUT2D eigenvalue weighted by Gasteiger charge is 2.24. The molecule has 1 aromatic heterocycles. The molecule has 0 aromatic carbocycles. The number of esters is 1. The van der Waals surface area contributed by atoms with Gasteiger partial charge in [0.15, 0.2) is 5.78 Å². The van der Waals surface area contributed by atoms with Crippen LogP contribution in [0.25, 0.3) is 5.57 Å². The Labute approximate surface area is 80.6 Å². The number of methoxy groups -OCH3 is 1. The third-order valence-corrected chi connectivity index (χ3v) is 2.21. The molecule has 0 saturated carbocycles. The van der Waals surface area contributed by atoms with Crippen molar-refractivity contribution >= 4 is 17.3 Å². The molecule has 0 saturated heterocycles. The fourth-order valence-corrected chi connectivity index (χ4v) is 1.53. The molecule has 1 heterocycles. The van der Waals surface area contributed by atoms with Gasteiger partial charge in [0.1, 0.15) is 0 Å². The number of rotatable bonds is 1. The standard InChI is InChI=1S/C10H9NO3/c1-14-10(13)7-2-3-8(12)6-4-5-11-9(6)7/h2,4-5,11H,3H2,1H3. The molecule has 1 aliphatic rings. The number of H-pyrrole nitrogens is 1. The van der Waals surface area contributed by atoms with E-state index in [9.17, 15) is 9.59 Å². The zero-order valence-electron chi connectivity index (χ0n) is 7.66. The van der Waals surface area contributed by atoms with Crippen LogP contribution in [0.4, 0.5) is 0 Å². The van der Waals surface area contributed by atoms with E-state index in [-0.39, 0.29) is 12.2 Å². The van der Waals surface area contributed by atoms with E-state index in [1.807, 2.05) is 0 Å². The average Bonchev–Trinajstić information content (AvgIpc) is 2.67. The molecule has 0 atom stereocenters. The summed E-state index contributed by atoms with van der Waals surface area (Å²) in [6, 6.07) is 1.67. The normalized spacial score (nSPS) is 14.6. The molecule has 4 heteroatoms. The Morgan fingerprint density at radius 2 is 2.36 bits per heavy atom. The number of ketones is 1. The number of aromatic amines is 1. The van der Waals surface area contributed by atoms with E-state index >= 15 is 0 Å². The second-order valence-corrected chi connectivity index (χ2v) is 3.00. The third kappa shape index (κ3) is 1.16. The van der Waals surface area contributed by atoms with E-state index in [0.717, 1.165) is 0 Å². The Balaban J connectivity index is 2.49. The van der Waals surface area contributed by atoms with Crippen molar-refractivity contribution in [1.29, 1.82) is 0 Å². The Morgan fingerprint density at radius 1 is 1.57 bits per heavy atom. The van der Waals surface area contributed by atoms with Crippen LogP contribution >= 0.6 is 0 Å². The summed E-state index contributed by atoms with van der Waals surface area (Å²) in [5.74, 6) is -0.393. The van der Waals surface area contributed by atoms with Crippen LogP contribution in [0.3, 0.4) is 0 Å². The van der Waals surface area contributed by atoms with Crippen molar-refractivity contribution < 1.29 is 14.3 Å². The van der Waals surface area contributed by atoms with Crippen LogP contribution in [0.15, 0.2) is 18.3 Å². The topological polar surface area (TPSA) is 59.2 Å². The number of aromatic nitrogens is 1. The van der Waals surface area contributed by atoms with Crippen molar-refractivity contribution in [2.75, 3.05) is 7.11 Å². The second-order valence-electron chi connectivity index (χ2n) is 3.00. The van der Waals surface area contributed by atoms with Crippen molar-refractivity contribution in [3.8, 4) is 0 Å². The summed E-state index contributed by atoms with van der Waals surface area (Å²) in [4.78, 5) is 25.6. The monoisotopic (exact) mass is 191 g/mol. The number of Topliss-reactive ketones (excluding diaryl/α,β-unsaturated/α-hetero) is 1. The highest BCUT2D eigenvalue weighted by atomic mass is 16.5. The fraction of sp³-hybridized carbons (Fsp3) is 0.200. The lowest BCUT2D eigenvalue weighted by Crippen LogP contribution is -2.13. The molecule has 1 aromatic rings. The fourth-order valence-electron chi connectivity index (χ4n) is 1.53. The number of hydrogen-bond donors (Lipinski definition) is 1. The predicted octanol–water partition coefficient (Wildman–Crippen LogP) is 1.16. The maximum atomic E-state index is 11.4. The van der Waals surface area contributed by atoms with Gasteiger partial charge in [-0.05, 0) is 6.07 Å². The van der Waals surface area contributed by atoms with Crippen LogP contribution in [0.1, 0.15) is 22.5 Å². The molecule has 1 N–H and O–H groups in total. The number of ether oxygens (including phenoxy) is 1. The van der Waals surface area contributed by atoms with E-state index in [1.165, 1.54) is 7.11 Å². The zero-order valence-corrected chi connectivity index (χ0v) is 7.66. The highest BCUT2D eigenvalue weighted by molar-refractivity contribution is 6.21. The van der Waals surface area contributed by atoms with E-state index in [1.54, 1.807) is 18.3 Å². The number of allylic oxidation sites excluding steroid dienone is 1. The van der Waals surface area contributed by atoms with Gasteiger partial charge in [-0.25, -0.2) is 4.79 Å². The third-order valence-electron chi connectivity index (χ3n) is 2.21. The minimum atomic E-state index is -0.416. The van der Waals surface area contributed by atoms with Gasteiger partial charge in [-0.15, -0.1) is 0 Å². The SMILES string of the molecule is COC(=O)C1=CCC(=O)c2cc[nH]c21. The number of nitrogens with one attached hydrogen (secondary N) is 1. The van der Waals surface area contributed by atoms with Gasteiger partial charge in [0.25, 0.3) is 0 Å². The number of hydrogen-bond acceptors (Lipinski definition) is 3. The van der Waals surface area contributed by atoms with Gasteiger partial charge >= 0.3 is 5.97 Å². The van der Waals surface area contributed by atoms with E-state index in [0.29, 0.717) is 16.8 Å². The van der Waals surface area contributed by atoms with Crippen LogP contribution in [0.5, 0.6) is 0 Å². The number of fused-ring (bicyclic) bond motifs is 1. The van der Waals surface area contributed by atoms with Gasteiger partial charge in [-0.1, -0.05) is 6.08 Å². The molecular weight excluding hydrogens is 182 g/mol. The summed E-state index contributed by atoms with van der Waals surface area (Å²) < 4.78 is 4.61. The average molecular weight is 191 g/mol. The Bertz CT molecular complexity index is 428. The Kier molecular flexibility index (Phi) is 1.96. The predicted molar refractivity (Wildman–Crippen MR) is 49.7 cm³/mol. The molecule has 14 heavy (non-hydrogen) atoms. The molecule has 0 unspecified atom stereocenters. The molecule has 0 radical (unpaired) electrons. The smallest absolute Gasteiger partial charge is 0.339 e. The first kappa shape index (κ1) is 8.74. The molecule has 0 spiro atoms. The molecule has 1 aliphatic carbocycles. The molecule has 2 rings (SSSR count). The Hall–Kier alpha value is -1.84. The quantitative estimate of drug-likeness (QED) is 0.677. The lowest BCUT2D eigenvalue weighted by Gasteiger charge is -2.10. The minimum absolute atomic E-state index is 0.0221. The van der Waals surface area contributed by atoms with Crippen molar-refractivity contribution in [1.82, 2.24) is 4.98 Å². The van der Waals surface area contributed by atoms with Gasteiger partial charge in [-0.2, -0.15) is 0 Å². The van der Waals surface area contributed by atoms with Gasteiger partial charge in [0.05, 0.1) is 18.4 Å². The van der Waals surface area contributed by atoms with Gasteiger partial charge in [0.2, 0.25) is 0 Å². The minimum Gasteiger partial charge on any atom is -0.465 e. The van der Waals surface area contributed by atoms with Gasteiger partial charge < -0.3 is 9.72 Å². The van der Waals surface area contributed by atoms with Crippen molar-refractivity contribution in [3.05, 3.63) is 29.6 Å². The van der Waals surface area contributed by atoms with E-state index in [4.69, 9.17) is 0 Å². The van der Waals surface area contributed by atoms with Crippen LogP contribution in [-0.4, -0.2) is 23.8 Å². The summed E-state index contributed by atoms with van der Waals surface area (Å²) in [7, 11) is 1.32. The zero-order chi connectivity index (χ0) is 10.1. The highest BCUT2D eigenvalue weighted by Crippen LogP contribution is 2.25. The van der Waals surface area contributed by atoms with Crippen LogP contribution < -0.4 is 0 Å². The molecule has 4 nitrogen and oxygen atoms in total. The summed E-state index contributed by atoms with van der Waals surface area (Å²) >= 11 is 0. The number of carbonyl (C=O) groups excluding carboxylic acids is 2. The molecule has 0 amide bonds. The molecular formula is C10H9NO3. The van der Waals surface area contributed by atoms with Gasteiger partial charge in [-0.3, -0.25) is 4.79 Å². The van der Waals surface area contributed by atoms with Crippen molar-refractivity contribution in [2.45, 2.75) is 6.42 Å². The summed E-state index contributed by atoms with van der Waals surface area (Å²) in [6.45, 7) is 0. The van der Waals surface area contributed by atoms with Crippen molar-refractivity contribution in [2.24, 2.45) is 0 Å². The first-order valence-corrected chi connectivity index (χ1v) is 4.23. The molecule has 72 valence electrons. The first-order valence-electron chi connectivity index (χ1n) is 4.23. The molecule has 0 aliphatic heterocycles. The Morgan fingerprint density at radius 3 is 3.07 bits per heavy atom. The maximum Gasteiger partial charge on any atom is 0.339 e. The summed E-state index contributed by atoms with van der Waals surface area (Å²) in [6.07, 6.45) is 3.49. The van der Waals surface area contributed by atoms with Crippen LogP contribution in [-0.2, 0) is 9.53 Å². The maximum absolute atomic E-state index is 11.4. The number of carbonyl (C=O) groups is 2. The van der Waals surface area contributed by atoms with Crippen LogP contribution in [0.2, 0.25) is 0 Å². The van der Waals surface area contributed by atoms with Gasteiger partial charge in [0, 0.05) is 18.2 Å². The molecule has 0 bridgehead atoms. The van der Waals surface area contributed by atoms with Crippen LogP contribution in [0, 0.1) is 0 Å². The summed E-state index contributed by atoms with van der Waals surface area (Å²) in [5.41, 5.74) is 1.56. The first-order chi connectivity index (χ1) is 6.74. The lowest BCUT2D eigenvalue weighted by molar-refractivity contribution is -0.133. The summed E-state index contributed by atoms with van der Waals surface area (Å²) in [5, 5.41) is 0. The van der Waals surface area contributed by atoms with Crippen molar-refractivity contribution in [3.63, 3.8) is 0 Å². The largest absolute Gasteiger partial charge is 0.465 e. The second kappa shape index (κ2) is 3.14. The molecule has 0 fully saturated rings. The van der Waals surface area contributed by atoms with E-state index in [2.05, 4.69) is 9.72 Å².